The van der Waals surface area contributed by atoms with E-state index in [1.165, 1.54) is 12.0 Å². The van der Waals surface area contributed by atoms with Crippen molar-refractivity contribution >= 4 is 11.9 Å². The Morgan fingerprint density at radius 2 is 1.94 bits per heavy atom. The van der Waals surface area contributed by atoms with E-state index in [1.54, 1.807) is 5.32 Å². The standard InChI is InChI=1S/C9H15F3N2O4/c1-18-3-2-14(5-8(16)17)4-7(15)13-6-9(10,11)12/h2-6H2,1H3,(H,13,15)(H,16,17). The molecular weight excluding hydrogens is 257 g/mol. The van der Waals surface area contributed by atoms with E-state index >= 15 is 0 Å². The van der Waals surface area contributed by atoms with Crippen molar-refractivity contribution in [3.63, 3.8) is 0 Å². The average molecular weight is 272 g/mol. The number of methoxy groups -OCH3 is 1. The van der Waals surface area contributed by atoms with Gasteiger partial charge in [0.05, 0.1) is 19.7 Å². The van der Waals surface area contributed by atoms with Crippen molar-refractivity contribution in [2.45, 2.75) is 6.18 Å². The molecule has 6 nitrogen and oxygen atoms in total. The number of alkyl halides is 3. The molecule has 0 heterocycles. The van der Waals surface area contributed by atoms with Crippen molar-refractivity contribution in [3.8, 4) is 0 Å². The Hall–Kier alpha value is -1.35. The van der Waals surface area contributed by atoms with Crippen molar-refractivity contribution in [1.29, 1.82) is 0 Å². The number of carbonyl (C=O) groups excluding carboxylic acids is 1. The lowest BCUT2D eigenvalue weighted by molar-refractivity contribution is -0.142. The number of carboxylic acids is 1. The van der Waals surface area contributed by atoms with Crippen molar-refractivity contribution in [1.82, 2.24) is 10.2 Å². The highest BCUT2D eigenvalue weighted by Gasteiger charge is 2.28. The van der Waals surface area contributed by atoms with Crippen LogP contribution in [0.2, 0.25) is 0 Å². The summed E-state index contributed by atoms with van der Waals surface area (Å²) >= 11 is 0. The first kappa shape index (κ1) is 16.6. The first-order valence-corrected chi connectivity index (χ1v) is 5.01. The van der Waals surface area contributed by atoms with Crippen LogP contribution in [0.3, 0.4) is 0 Å². The van der Waals surface area contributed by atoms with Crippen LogP contribution in [-0.4, -0.2) is 68.0 Å². The lowest BCUT2D eigenvalue weighted by atomic mass is 10.4. The number of ether oxygens (including phenoxy) is 1. The van der Waals surface area contributed by atoms with Gasteiger partial charge in [0.15, 0.2) is 0 Å². The highest BCUT2D eigenvalue weighted by Crippen LogP contribution is 2.11. The molecule has 0 spiro atoms. The van der Waals surface area contributed by atoms with Gasteiger partial charge < -0.3 is 15.2 Å². The summed E-state index contributed by atoms with van der Waals surface area (Å²) in [7, 11) is 1.39. The second-order valence-corrected chi connectivity index (χ2v) is 3.49. The fourth-order valence-electron chi connectivity index (χ4n) is 1.08. The van der Waals surface area contributed by atoms with Crippen LogP contribution in [0.5, 0.6) is 0 Å². The summed E-state index contributed by atoms with van der Waals surface area (Å²) in [4.78, 5) is 22.8. The lowest BCUT2D eigenvalue weighted by Gasteiger charge is -2.19. The van der Waals surface area contributed by atoms with Gasteiger partial charge in [-0.15, -0.1) is 0 Å². The number of nitrogens with zero attached hydrogens (tertiary/aromatic N) is 1. The minimum Gasteiger partial charge on any atom is -0.480 e. The Kier molecular flexibility index (Phi) is 7.29. The first-order chi connectivity index (χ1) is 8.24. The van der Waals surface area contributed by atoms with E-state index in [0.29, 0.717) is 0 Å². The van der Waals surface area contributed by atoms with Gasteiger partial charge in [0.2, 0.25) is 5.91 Å². The topological polar surface area (TPSA) is 78.9 Å². The monoisotopic (exact) mass is 272 g/mol. The van der Waals surface area contributed by atoms with Gasteiger partial charge in [-0.2, -0.15) is 13.2 Å². The second-order valence-electron chi connectivity index (χ2n) is 3.49. The van der Waals surface area contributed by atoms with Crippen LogP contribution in [0.1, 0.15) is 0 Å². The van der Waals surface area contributed by atoms with Crippen LogP contribution < -0.4 is 5.32 Å². The van der Waals surface area contributed by atoms with Crippen molar-refractivity contribution in [2.24, 2.45) is 0 Å². The molecule has 0 unspecified atom stereocenters. The van der Waals surface area contributed by atoms with Crippen molar-refractivity contribution < 1.29 is 32.6 Å². The maximum atomic E-state index is 11.8. The van der Waals surface area contributed by atoms with Crippen LogP contribution >= 0.6 is 0 Å². The summed E-state index contributed by atoms with van der Waals surface area (Å²) in [6, 6.07) is 0. The van der Waals surface area contributed by atoms with Gasteiger partial charge in [0.1, 0.15) is 6.54 Å². The average Bonchev–Trinajstić information content (AvgIpc) is 2.21. The minimum absolute atomic E-state index is 0.141. The molecular formula is C9H15F3N2O4. The van der Waals surface area contributed by atoms with Crippen molar-refractivity contribution in [3.05, 3.63) is 0 Å². The summed E-state index contributed by atoms with van der Waals surface area (Å²) in [6.45, 7) is -1.98. The smallest absolute Gasteiger partial charge is 0.405 e. The normalized spacial score (nSPS) is 11.6. The zero-order chi connectivity index (χ0) is 14.2. The molecule has 0 saturated carbocycles. The fourth-order valence-corrected chi connectivity index (χ4v) is 1.08. The van der Waals surface area contributed by atoms with Crippen LogP contribution in [0.25, 0.3) is 0 Å². The molecule has 0 rings (SSSR count). The second kappa shape index (κ2) is 7.88. The predicted octanol–water partition coefficient (Wildman–Crippen LogP) is -0.302. The van der Waals surface area contributed by atoms with E-state index in [9.17, 15) is 22.8 Å². The molecule has 0 fully saturated rings. The number of carboxylic acid groups (broad SMARTS) is 1. The van der Waals surface area contributed by atoms with Gasteiger partial charge in [0, 0.05) is 13.7 Å². The molecule has 0 aliphatic heterocycles. The third-order valence-corrected chi connectivity index (χ3v) is 1.82. The minimum atomic E-state index is -4.49. The van der Waals surface area contributed by atoms with E-state index in [4.69, 9.17) is 9.84 Å². The summed E-state index contributed by atoms with van der Waals surface area (Å²) in [5.74, 6) is -2.06. The zero-order valence-electron chi connectivity index (χ0n) is 9.79. The van der Waals surface area contributed by atoms with Gasteiger partial charge in [-0.05, 0) is 0 Å². The Bertz CT molecular complexity index is 283. The summed E-state index contributed by atoms with van der Waals surface area (Å²) in [5.41, 5.74) is 0. The molecule has 1 amide bonds. The molecule has 0 saturated heterocycles. The van der Waals surface area contributed by atoms with Gasteiger partial charge in [-0.1, -0.05) is 0 Å². The quantitative estimate of drug-likeness (QED) is 0.634. The van der Waals surface area contributed by atoms with Gasteiger partial charge >= 0.3 is 12.1 Å². The third kappa shape index (κ3) is 9.85. The maximum Gasteiger partial charge on any atom is 0.405 e. The van der Waals surface area contributed by atoms with E-state index in [2.05, 4.69) is 0 Å². The molecule has 0 aromatic heterocycles. The highest BCUT2D eigenvalue weighted by atomic mass is 19.4. The van der Waals surface area contributed by atoms with Gasteiger partial charge in [0.25, 0.3) is 0 Å². The molecule has 106 valence electrons. The van der Waals surface area contributed by atoms with E-state index in [-0.39, 0.29) is 13.2 Å². The fraction of sp³-hybridized carbons (Fsp3) is 0.778. The molecule has 0 radical (unpaired) electrons. The molecule has 0 atom stereocenters. The summed E-state index contributed by atoms with van der Waals surface area (Å²) in [6.07, 6.45) is -4.49. The number of nitrogens with one attached hydrogen (secondary N) is 1. The number of amides is 1. The van der Waals surface area contributed by atoms with E-state index in [0.717, 1.165) is 0 Å². The molecule has 0 aromatic rings. The molecule has 0 aliphatic carbocycles. The number of hydrogen-bond donors (Lipinski definition) is 2. The SMILES string of the molecule is COCCN(CC(=O)O)CC(=O)NCC(F)(F)F. The van der Waals surface area contributed by atoms with Crippen LogP contribution in [0.15, 0.2) is 0 Å². The van der Waals surface area contributed by atoms with Gasteiger partial charge in [-0.25, -0.2) is 0 Å². The van der Waals surface area contributed by atoms with Crippen molar-refractivity contribution in [2.75, 3.05) is 39.9 Å². The molecule has 0 aliphatic rings. The third-order valence-electron chi connectivity index (χ3n) is 1.82. The molecule has 9 heteroatoms. The molecule has 18 heavy (non-hydrogen) atoms. The summed E-state index contributed by atoms with van der Waals surface area (Å²) in [5, 5.41) is 10.2. The van der Waals surface area contributed by atoms with Crippen LogP contribution in [0, 0.1) is 0 Å². The van der Waals surface area contributed by atoms with E-state index < -0.39 is 37.7 Å². The number of hydrogen-bond acceptors (Lipinski definition) is 4. The number of aliphatic carboxylic acids is 1. The van der Waals surface area contributed by atoms with Crippen LogP contribution in [-0.2, 0) is 14.3 Å². The number of carbonyl (C=O) groups is 2. The predicted molar refractivity (Wildman–Crippen MR) is 55.0 cm³/mol. The Balaban J connectivity index is 4.13. The molecule has 0 bridgehead atoms. The zero-order valence-corrected chi connectivity index (χ0v) is 9.79. The summed E-state index contributed by atoms with van der Waals surface area (Å²) < 4.78 is 40.2. The maximum absolute atomic E-state index is 11.8. The van der Waals surface area contributed by atoms with E-state index in [1.807, 2.05) is 0 Å². The Morgan fingerprint density at radius 3 is 2.39 bits per heavy atom. The Morgan fingerprint density at radius 1 is 1.33 bits per heavy atom. The molecule has 2 N–H and O–H groups in total. The lowest BCUT2D eigenvalue weighted by Crippen LogP contribution is -2.43. The highest BCUT2D eigenvalue weighted by molar-refractivity contribution is 5.79. The number of rotatable bonds is 8. The molecule has 0 aromatic carbocycles. The first-order valence-electron chi connectivity index (χ1n) is 5.01. The number of halogens is 3. The largest absolute Gasteiger partial charge is 0.480 e. The van der Waals surface area contributed by atoms with Gasteiger partial charge in [-0.3, -0.25) is 14.5 Å². The Labute approximate surface area is 102 Å². The van der Waals surface area contributed by atoms with Crippen LogP contribution in [0.4, 0.5) is 13.2 Å².